The first-order chi connectivity index (χ1) is 11.1. The lowest BCUT2D eigenvalue weighted by Crippen LogP contribution is -2.24. The second-order valence-corrected chi connectivity index (χ2v) is 5.80. The molecule has 2 aromatic heterocycles. The van der Waals surface area contributed by atoms with E-state index in [1.807, 2.05) is 33.9 Å². The van der Waals surface area contributed by atoms with Crippen LogP contribution < -0.4 is 5.56 Å². The van der Waals surface area contributed by atoms with E-state index in [0.717, 1.165) is 0 Å². The Morgan fingerprint density at radius 1 is 1.17 bits per heavy atom. The largest absolute Gasteiger partial charge is 0.352 e. The average molecular weight is 340 g/mol. The monoisotopic (exact) mass is 340 g/mol. The zero-order valence-corrected chi connectivity index (χ0v) is 14.9. The molecule has 2 aromatic rings. The van der Waals surface area contributed by atoms with Crippen LogP contribution in [-0.2, 0) is 22.6 Å². The second kappa shape index (κ2) is 8.47. The minimum atomic E-state index is -0.300. The van der Waals surface area contributed by atoms with Crippen molar-refractivity contribution in [1.29, 1.82) is 0 Å². The fourth-order valence-corrected chi connectivity index (χ4v) is 3.24. The van der Waals surface area contributed by atoms with Gasteiger partial charge in [0.1, 0.15) is 5.52 Å². The van der Waals surface area contributed by atoms with E-state index in [9.17, 15) is 4.79 Å². The van der Waals surface area contributed by atoms with Gasteiger partial charge in [-0.1, -0.05) is 11.8 Å². The smallest absolute Gasteiger partial charge is 0.282 e. The maximum absolute atomic E-state index is 12.6. The SMILES string of the molecule is CCOC(CSc1nc2cn(CC)nc2c(=O)n1CC)OCC. The maximum Gasteiger partial charge on any atom is 0.282 e. The standard InChI is InChI=1S/C15H24N4O3S/c1-5-18-9-11-13(17-18)14(20)19(6-2)15(16-11)23-10-12(21-7-3)22-8-4/h9,12H,5-8,10H2,1-4H3. The van der Waals surface area contributed by atoms with Crippen LogP contribution >= 0.6 is 11.8 Å². The van der Waals surface area contributed by atoms with Crippen LogP contribution in [0.2, 0.25) is 0 Å². The van der Waals surface area contributed by atoms with E-state index in [1.165, 1.54) is 11.8 Å². The molecule has 0 amide bonds. The molecule has 2 heterocycles. The second-order valence-electron chi connectivity index (χ2n) is 4.81. The Morgan fingerprint density at radius 3 is 2.43 bits per heavy atom. The fourth-order valence-electron chi connectivity index (χ4n) is 2.23. The summed E-state index contributed by atoms with van der Waals surface area (Å²) in [4.78, 5) is 17.2. The topological polar surface area (TPSA) is 71.2 Å². The number of fused-ring (bicyclic) bond motifs is 1. The van der Waals surface area contributed by atoms with Crippen LogP contribution in [0.1, 0.15) is 27.7 Å². The number of aromatic nitrogens is 4. The van der Waals surface area contributed by atoms with Crippen molar-refractivity contribution in [1.82, 2.24) is 19.3 Å². The van der Waals surface area contributed by atoms with Gasteiger partial charge in [-0.25, -0.2) is 4.98 Å². The normalized spacial score (nSPS) is 11.7. The minimum Gasteiger partial charge on any atom is -0.352 e. The summed E-state index contributed by atoms with van der Waals surface area (Å²) in [5.74, 6) is 0.585. The molecule has 2 rings (SSSR count). The summed E-state index contributed by atoms with van der Waals surface area (Å²) in [6.45, 7) is 10.2. The van der Waals surface area contributed by atoms with Crippen LogP contribution in [-0.4, -0.2) is 44.6 Å². The molecule has 0 saturated carbocycles. The van der Waals surface area contributed by atoms with Crippen molar-refractivity contribution >= 4 is 22.8 Å². The van der Waals surface area contributed by atoms with Crippen molar-refractivity contribution in [3.05, 3.63) is 16.6 Å². The molecule has 0 bridgehead atoms. The molecule has 23 heavy (non-hydrogen) atoms. The quantitative estimate of drug-likeness (QED) is 0.396. The molecule has 0 aliphatic carbocycles. The van der Waals surface area contributed by atoms with Gasteiger partial charge in [0.2, 0.25) is 0 Å². The first-order valence-corrected chi connectivity index (χ1v) is 8.97. The number of nitrogens with zero attached hydrogens (tertiary/aromatic N) is 4. The Hall–Kier alpha value is -1.38. The van der Waals surface area contributed by atoms with E-state index in [4.69, 9.17) is 9.47 Å². The molecule has 0 aliphatic heterocycles. The lowest BCUT2D eigenvalue weighted by molar-refractivity contribution is -0.120. The van der Waals surface area contributed by atoms with Gasteiger partial charge >= 0.3 is 0 Å². The number of hydrogen-bond acceptors (Lipinski definition) is 6. The van der Waals surface area contributed by atoms with Gasteiger partial charge in [0, 0.05) is 26.3 Å². The Morgan fingerprint density at radius 2 is 1.87 bits per heavy atom. The molecule has 0 fully saturated rings. The van der Waals surface area contributed by atoms with Gasteiger partial charge in [-0.3, -0.25) is 14.0 Å². The van der Waals surface area contributed by atoms with Crippen LogP contribution in [0.4, 0.5) is 0 Å². The predicted octanol–water partition coefficient (Wildman–Crippen LogP) is 2.12. The van der Waals surface area contributed by atoms with Crippen LogP contribution in [0, 0.1) is 0 Å². The van der Waals surface area contributed by atoms with Gasteiger partial charge in [0.15, 0.2) is 17.0 Å². The van der Waals surface area contributed by atoms with Gasteiger partial charge in [0.25, 0.3) is 5.56 Å². The van der Waals surface area contributed by atoms with Gasteiger partial charge < -0.3 is 9.47 Å². The van der Waals surface area contributed by atoms with Gasteiger partial charge in [-0.15, -0.1) is 0 Å². The molecule has 0 unspecified atom stereocenters. The van der Waals surface area contributed by atoms with E-state index in [0.29, 0.717) is 48.2 Å². The van der Waals surface area contributed by atoms with Crippen molar-refractivity contribution in [2.75, 3.05) is 19.0 Å². The van der Waals surface area contributed by atoms with E-state index in [1.54, 1.807) is 9.25 Å². The summed E-state index contributed by atoms with van der Waals surface area (Å²) >= 11 is 1.47. The Labute approximate surface area is 140 Å². The first-order valence-electron chi connectivity index (χ1n) is 7.98. The zero-order chi connectivity index (χ0) is 16.8. The fraction of sp³-hybridized carbons (Fsp3) is 0.667. The molecular formula is C15H24N4O3S. The van der Waals surface area contributed by atoms with E-state index in [2.05, 4.69) is 10.1 Å². The zero-order valence-electron chi connectivity index (χ0n) is 14.1. The van der Waals surface area contributed by atoms with Crippen molar-refractivity contribution in [2.24, 2.45) is 0 Å². The van der Waals surface area contributed by atoms with Crippen LogP contribution in [0.25, 0.3) is 11.0 Å². The highest BCUT2D eigenvalue weighted by Gasteiger charge is 2.16. The van der Waals surface area contributed by atoms with E-state index < -0.39 is 0 Å². The third-order valence-corrected chi connectivity index (χ3v) is 4.34. The molecule has 0 saturated heterocycles. The van der Waals surface area contributed by atoms with Crippen LogP contribution in [0.3, 0.4) is 0 Å². The Bertz CT molecular complexity index is 692. The van der Waals surface area contributed by atoms with Gasteiger partial charge in [0.05, 0.1) is 11.9 Å². The number of aryl methyl sites for hydroxylation is 1. The third-order valence-electron chi connectivity index (χ3n) is 3.33. The minimum absolute atomic E-state index is 0.100. The van der Waals surface area contributed by atoms with Crippen molar-refractivity contribution < 1.29 is 9.47 Å². The summed E-state index contributed by atoms with van der Waals surface area (Å²) in [5, 5.41) is 4.97. The number of ether oxygens (including phenoxy) is 2. The molecule has 128 valence electrons. The third kappa shape index (κ3) is 4.13. The molecule has 0 atom stereocenters. The summed E-state index contributed by atoms with van der Waals surface area (Å²) in [7, 11) is 0. The Kier molecular flexibility index (Phi) is 6.61. The van der Waals surface area contributed by atoms with Crippen molar-refractivity contribution in [3.8, 4) is 0 Å². The van der Waals surface area contributed by atoms with Gasteiger partial charge in [-0.05, 0) is 27.7 Å². The molecular weight excluding hydrogens is 316 g/mol. The average Bonchev–Trinajstić information content (AvgIpc) is 2.96. The molecule has 0 aromatic carbocycles. The van der Waals surface area contributed by atoms with Gasteiger partial charge in [-0.2, -0.15) is 5.10 Å². The Balaban J connectivity index is 2.29. The van der Waals surface area contributed by atoms with E-state index in [-0.39, 0.29) is 11.8 Å². The molecule has 0 N–H and O–H groups in total. The highest BCUT2D eigenvalue weighted by Crippen LogP contribution is 2.19. The van der Waals surface area contributed by atoms with E-state index >= 15 is 0 Å². The summed E-state index contributed by atoms with van der Waals surface area (Å²) < 4.78 is 14.5. The molecule has 0 aliphatic rings. The lowest BCUT2D eigenvalue weighted by Gasteiger charge is -2.17. The number of thioether (sulfide) groups is 1. The van der Waals surface area contributed by atoms with Crippen molar-refractivity contribution in [2.45, 2.75) is 52.2 Å². The maximum atomic E-state index is 12.6. The highest BCUT2D eigenvalue weighted by atomic mass is 32.2. The van der Waals surface area contributed by atoms with Crippen LogP contribution in [0.5, 0.6) is 0 Å². The highest BCUT2D eigenvalue weighted by molar-refractivity contribution is 7.99. The summed E-state index contributed by atoms with van der Waals surface area (Å²) in [6, 6.07) is 0. The summed E-state index contributed by atoms with van der Waals surface area (Å²) in [6.07, 6.45) is 1.51. The molecule has 8 heteroatoms. The number of hydrogen-bond donors (Lipinski definition) is 0. The predicted molar refractivity (Wildman–Crippen MR) is 90.9 cm³/mol. The molecule has 0 radical (unpaired) electrons. The van der Waals surface area contributed by atoms with Crippen LogP contribution in [0.15, 0.2) is 16.1 Å². The molecule has 0 spiro atoms. The molecule has 7 nitrogen and oxygen atoms in total. The lowest BCUT2D eigenvalue weighted by atomic mass is 10.4. The number of rotatable bonds is 9. The van der Waals surface area contributed by atoms with Crippen molar-refractivity contribution in [3.63, 3.8) is 0 Å². The first kappa shape index (κ1) is 18.0. The summed E-state index contributed by atoms with van der Waals surface area (Å²) in [5.41, 5.74) is 0.953.